The molecule has 3 rings (SSSR count). The number of methoxy groups -OCH3 is 2. The lowest BCUT2D eigenvalue weighted by Crippen LogP contribution is -2.54. The van der Waals surface area contributed by atoms with Gasteiger partial charge < -0.3 is 14.2 Å². The Morgan fingerprint density at radius 3 is 2.60 bits per heavy atom. The Labute approximate surface area is 193 Å². The monoisotopic (exact) mass is 538 g/mol. The van der Waals surface area contributed by atoms with E-state index in [0.29, 0.717) is 35.1 Å². The van der Waals surface area contributed by atoms with Gasteiger partial charge in [0.2, 0.25) is 0 Å². The van der Waals surface area contributed by atoms with E-state index in [1.54, 1.807) is 43.5 Å². The number of hydrogen-bond acceptors (Lipinski definition) is 6. The lowest BCUT2D eigenvalue weighted by molar-refractivity contribution is -0.122. The van der Waals surface area contributed by atoms with Crippen LogP contribution < -0.4 is 24.4 Å². The van der Waals surface area contributed by atoms with Crippen molar-refractivity contribution in [2.24, 2.45) is 0 Å². The second-order valence-corrected chi connectivity index (χ2v) is 7.68. The third kappa shape index (κ3) is 4.41. The SMILES string of the molecule is CCOc1cccc(N2C(=O)/C(=C/c3cc(I)c(OC)c(OC)c3)C(=O)NC2=S)c1. The van der Waals surface area contributed by atoms with Crippen molar-refractivity contribution in [2.45, 2.75) is 6.92 Å². The van der Waals surface area contributed by atoms with Crippen LogP contribution in [0.25, 0.3) is 6.08 Å². The number of amides is 2. The normalized spacial score (nSPS) is 15.3. The maximum atomic E-state index is 13.2. The number of thiocarbonyl (C=S) groups is 1. The Morgan fingerprint density at radius 1 is 1.17 bits per heavy atom. The van der Waals surface area contributed by atoms with Crippen molar-refractivity contribution in [1.82, 2.24) is 5.32 Å². The van der Waals surface area contributed by atoms with Gasteiger partial charge in [0.05, 0.1) is 30.1 Å². The second kappa shape index (κ2) is 9.43. The molecule has 156 valence electrons. The van der Waals surface area contributed by atoms with Crippen LogP contribution in [0.3, 0.4) is 0 Å². The van der Waals surface area contributed by atoms with Crippen molar-refractivity contribution in [2.75, 3.05) is 25.7 Å². The Kier molecular flexibility index (Phi) is 6.93. The summed E-state index contributed by atoms with van der Waals surface area (Å²) in [5.74, 6) is 0.587. The van der Waals surface area contributed by atoms with Gasteiger partial charge in [-0.25, -0.2) is 0 Å². The van der Waals surface area contributed by atoms with E-state index in [-0.39, 0.29) is 10.7 Å². The fourth-order valence-corrected chi connectivity index (χ4v) is 4.09. The van der Waals surface area contributed by atoms with Gasteiger partial charge in [0.25, 0.3) is 11.8 Å². The van der Waals surface area contributed by atoms with Crippen molar-refractivity contribution < 1.29 is 23.8 Å². The molecule has 0 saturated carbocycles. The van der Waals surface area contributed by atoms with Crippen molar-refractivity contribution in [3.8, 4) is 17.2 Å². The summed E-state index contributed by atoms with van der Waals surface area (Å²) in [6.45, 7) is 2.36. The number of halogens is 1. The van der Waals surface area contributed by atoms with Gasteiger partial charge in [-0.3, -0.25) is 19.8 Å². The molecule has 0 radical (unpaired) electrons. The van der Waals surface area contributed by atoms with E-state index in [9.17, 15) is 9.59 Å². The van der Waals surface area contributed by atoms with Crippen molar-refractivity contribution in [3.63, 3.8) is 0 Å². The summed E-state index contributed by atoms with van der Waals surface area (Å²) in [5, 5.41) is 2.59. The highest BCUT2D eigenvalue weighted by molar-refractivity contribution is 14.1. The predicted octanol–water partition coefficient (Wildman–Crippen LogP) is 3.54. The van der Waals surface area contributed by atoms with E-state index in [2.05, 4.69) is 27.9 Å². The molecule has 9 heteroatoms. The average molecular weight is 538 g/mol. The minimum absolute atomic E-state index is 0.0118. The topological polar surface area (TPSA) is 77.1 Å². The van der Waals surface area contributed by atoms with Gasteiger partial charge in [-0.2, -0.15) is 0 Å². The summed E-state index contributed by atoms with van der Waals surface area (Å²) in [6, 6.07) is 10.4. The molecular weight excluding hydrogens is 519 g/mol. The van der Waals surface area contributed by atoms with E-state index in [1.807, 2.05) is 6.92 Å². The zero-order valence-corrected chi connectivity index (χ0v) is 19.5. The molecule has 2 aromatic rings. The second-order valence-electron chi connectivity index (χ2n) is 6.13. The molecule has 0 aliphatic carbocycles. The van der Waals surface area contributed by atoms with Crippen molar-refractivity contribution >= 4 is 63.5 Å². The van der Waals surface area contributed by atoms with Crippen molar-refractivity contribution in [3.05, 3.63) is 51.1 Å². The van der Waals surface area contributed by atoms with E-state index in [0.717, 1.165) is 3.57 Å². The number of hydrogen-bond donors (Lipinski definition) is 1. The van der Waals surface area contributed by atoms with Crippen LogP contribution in [0.1, 0.15) is 12.5 Å². The molecule has 1 aliphatic rings. The molecule has 7 nitrogen and oxygen atoms in total. The van der Waals surface area contributed by atoms with Crippen LogP contribution in [0.2, 0.25) is 0 Å². The van der Waals surface area contributed by atoms with E-state index < -0.39 is 11.8 Å². The Morgan fingerprint density at radius 2 is 1.93 bits per heavy atom. The Balaban J connectivity index is 2.03. The molecule has 0 aromatic heterocycles. The van der Waals surface area contributed by atoms with Gasteiger partial charge in [0.15, 0.2) is 16.6 Å². The van der Waals surface area contributed by atoms with E-state index >= 15 is 0 Å². The summed E-state index contributed by atoms with van der Waals surface area (Å²) < 4.78 is 17.0. The maximum absolute atomic E-state index is 13.2. The van der Waals surface area contributed by atoms with Crippen LogP contribution in [-0.4, -0.2) is 37.8 Å². The zero-order chi connectivity index (χ0) is 21.8. The molecule has 1 saturated heterocycles. The number of nitrogens with one attached hydrogen (secondary N) is 1. The van der Waals surface area contributed by atoms with Gasteiger partial charge >= 0.3 is 0 Å². The number of carbonyl (C=O) groups is 2. The first-order valence-corrected chi connectivity index (χ1v) is 10.4. The molecule has 0 atom stereocenters. The molecule has 1 N–H and O–H groups in total. The highest BCUT2D eigenvalue weighted by Crippen LogP contribution is 2.34. The van der Waals surface area contributed by atoms with E-state index in [4.69, 9.17) is 26.4 Å². The lowest BCUT2D eigenvalue weighted by atomic mass is 10.1. The van der Waals surface area contributed by atoms with Gasteiger partial charge in [0.1, 0.15) is 11.3 Å². The number of benzene rings is 2. The molecule has 1 aliphatic heterocycles. The van der Waals surface area contributed by atoms with Gasteiger partial charge in [0, 0.05) is 6.07 Å². The standard InChI is InChI=1S/C21H19IN2O5S/c1-4-29-14-7-5-6-13(11-14)24-20(26)15(19(25)23-21(24)30)8-12-9-16(22)18(28-3)17(10-12)27-2/h5-11H,4H2,1-3H3,(H,23,25,30)/b15-8+. The first-order valence-electron chi connectivity index (χ1n) is 8.95. The number of rotatable bonds is 6. The zero-order valence-electron chi connectivity index (χ0n) is 16.5. The first kappa shape index (κ1) is 22.0. The minimum Gasteiger partial charge on any atom is -0.494 e. The first-order chi connectivity index (χ1) is 14.4. The quantitative estimate of drug-likeness (QED) is 0.263. The van der Waals surface area contributed by atoms with Gasteiger partial charge in [-0.05, 0) is 77.6 Å². The summed E-state index contributed by atoms with van der Waals surface area (Å²) >= 11 is 7.35. The predicted molar refractivity (Wildman–Crippen MR) is 126 cm³/mol. The third-order valence-corrected chi connectivity index (χ3v) is 5.34. The summed E-state index contributed by atoms with van der Waals surface area (Å²) in [4.78, 5) is 27.0. The number of nitrogens with zero attached hydrogens (tertiary/aromatic N) is 1. The number of ether oxygens (including phenoxy) is 3. The van der Waals surface area contributed by atoms with Crippen LogP contribution in [0.15, 0.2) is 42.0 Å². The largest absolute Gasteiger partial charge is 0.494 e. The molecule has 0 bridgehead atoms. The highest BCUT2D eigenvalue weighted by Gasteiger charge is 2.34. The van der Waals surface area contributed by atoms with Gasteiger partial charge in [-0.1, -0.05) is 6.07 Å². The minimum atomic E-state index is -0.563. The number of anilines is 1. The molecule has 2 amide bonds. The summed E-state index contributed by atoms with van der Waals surface area (Å²) in [6.07, 6.45) is 1.50. The molecule has 1 heterocycles. The smallest absolute Gasteiger partial charge is 0.270 e. The molecule has 0 unspecified atom stereocenters. The van der Waals surface area contributed by atoms with Crippen molar-refractivity contribution in [1.29, 1.82) is 0 Å². The summed E-state index contributed by atoms with van der Waals surface area (Å²) in [7, 11) is 3.07. The molecule has 30 heavy (non-hydrogen) atoms. The van der Waals surface area contributed by atoms with Crippen LogP contribution >= 0.6 is 34.8 Å². The van der Waals surface area contributed by atoms with E-state index in [1.165, 1.54) is 18.1 Å². The molecular formula is C21H19IN2O5S. The van der Waals surface area contributed by atoms with Crippen LogP contribution in [0.4, 0.5) is 5.69 Å². The average Bonchev–Trinajstić information content (AvgIpc) is 2.71. The van der Waals surface area contributed by atoms with Crippen LogP contribution in [0.5, 0.6) is 17.2 Å². The van der Waals surface area contributed by atoms with Crippen LogP contribution in [0, 0.1) is 3.57 Å². The van der Waals surface area contributed by atoms with Gasteiger partial charge in [-0.15, -0.1) is 0 Å². The Bertz CT molecular complexity index is 1050. The lowest BCUT2D eigenvalue weighted by Gasteiger charge is -2.29. The highest BCUT2D eigenvalue weighted by atomic mass is 127. The third-order valence-electron chi connectivity index (χ3n) is 4.26. The fourth-order valence-electron chi connectivity index (χ4n) is 2.96. The molecule has 0 spiro atoms. The fraction of sp³-hybridized carbons (Fsp3) is 0.190. The maximum Gasteiger partial charge on any atom is 0.270 e. The molecule has 1 fully saturated rings. The van der Waals surface area contributed by atoms with Crippen LogP contribution in [-0.2, 0) is 9.59 Å². The molecule has 2 aromatic carbocycles. The summed E-state index contributed by atoms with van der Waals surface area (Å²) in [5.41, 5.74) is 1.07. The number of carbonyl (C=O) groups excluding carboxylic acids is 2. The Hall–Kier alpha value is -2.66.